The Hall–Kier alpha value is -2.96. The average Bonchev–Trinajstić information content (AvgIpc) is 2.81. The van der Waals surface area contributed by atoms with Crippen molar-refractivity contribution >= 4 is 22.5 Å². The summed E-state index contributed by atoms with van der Waals surface area (Å²) in [6.45, 7) is 6.69. The molecule has 1 aromatic carbocycles. The molecule has 0 bridgehead atoms. The highest BCUT2D eigenvalue weighted by Gasteiger charge is 2.16. The minimum atomic E-state index is -0.287. The molecule has 130 valence electrons. The summed E-state index contributed by atoms with van der Waals surface area (Å²) in [5, 5.41) is 19.6. The topological polar surface area (TPSA) is 95.6 Å². The molecule has 2 N–H and O–H groups in total. The number of aromatic hydroxyl groups is 1. The quantitative estimate of drug-likeness (QED) is 0.682. The molecule has 0 amide bonds. The van der Waals surface area contributed by atoms with Crippen LogP contribution in [0.15, 0.2) is 45.4 Å². The molecule has 7 nitrogen and oxygen atoms in total. The Balaban J connectivity index is 2.05. The number of rotatable bonds is 5. The van der Waals surface area contributed by atoms with Crippen LogP contribution in [0.3, 0.4) is 0 Å². The minimum absolute atomic E-state index is 0.0700. The molecule has 0 aliphatic rings. The van der Waals surface area contributed by atoms with Gasteiger partial charge in [-0.2, -0.15) is 0 Å². The van der Waals surface area contributed by atoms with Crippen molar-refractivity contribution in [2.75, 3.05) is 0 Å². The molecule has 3 aromatic rings. The first-order chi connectivity index (χ1) is 12.0. The van der Waals surface area contributed by atoms with Gasteiger partial charge in [-0.05, 0) is 25.3 Å². The summed E-state index contributed by atoms with van der Waals surface area (Å²) in [5.41, 5.74) is 1.55. The van der Waals surface area contributed by atoms with Crippen LogP contribution in [-0.4, -0.2) is 19.6 Å². The van der Waals surface area contributed by atoms with Crippen molar-refractivity contribution in [1.82, 2.24) is 14.5 Å². The summed E-state index contributed by atoms with van der Waals surface area (Å²) in [6, 6.07) is 9.03. The van der Waals surface area contributed by atoms with Crippen molar-refractivity contribution in [3.63, 3.8) is 0 Å². The van der Waals surface area contributed by atoms with Crippen molar-refractivity contribution < 1.29 is 5.11 Å². The van der Waals surface area contributed by atoms with E-state index in [0.29, 0.717) is 23.8 Å². The summed E-state index contributed by atoms with van der Waals surface area (Å²) < 4.78 is 1.84. The molecule has 2 aromatic heterocycles. The van der Waals surface area contributed by atoms with Gasteiger partial charge in [0.1, 0.15) is 0 Å². The van der Waals surface area contributed by atoms with Gasteiger partial charge in [0.2, 0.25) is 11.8 Å². The first-order valence-corrected chi connectivity index (χ1v) is 8.25. The van der Waals surface area contributed by atoms with Gasteiger partial charge >= 0.3 is 0 Å². The molecular formula is C18H21N5O2. The summed E-state index contributed by atoms with van der Waals surface area (Å²) >= 11 is 0. The molecule has 3 rings (SSSR count). The molecule has 0 atom stereocenters. The monoisotopic (exact) mass is 339 g/mol. The van der Waals surface area contributed by atoms with Crippen LogP contribution in [0.4, 0.5) is 11.6 Å². The third-order valence-corrected chi connectivity index (χ3v) is 3.95. The molecule has 0 aliphatic carbocycles. The number of para-hydroxylation sites is 1. The molecule has 2 heterocycles. The van der Waals surface area contributed by atoms with Crippen molar-refractivity contribution in [2.45, 2.75) is 33.7 Å². The van der Waals surface area contributed by atoms with E-state index in [1.807, 2.05) is 28.8 Å². The van der Waals surface area contributed by atoms with Crippen LogP contribution in [-0.2, 0) is 6.54 Å². The van der Waals surface area contributed by atoms with Crippen LogP contribution in [0.2, 0.25) is 0 Å². The number of aromatic nitrogens is 3. The van der Waals surface area contributed by atoms with Gasteiger partial charge in [0.05, 0.1) is 5.52 Å². The van der Waals surface area contributed by atoms with Gasteiger partial charge in [-0.25, -0.2) is 4.98 Å². The second kappa shape index (κ2) is 6.88. The van der Waals surface area contributed by atoms with Gasteiger partial charge in [0.15, 0.2) is 5.69 Å². The number of H-pyrrole nitrogens is 1. The van der Waals surface area contributed by atoms with Gasteiger partial charge < -0.3 is 9.67 Å². The van der Waals surface area contributed by atoms with Crippen LogP contribution < -0.4 is 5.56 Å². The van der Waals surface area contributed by atoms with E-state index in [-0.39, 0.29) is 17.4 Å². The van der Waals surface area contributed by atoms with E-state index in [9.17, 15) is 9.90 Å². The average molecular weight is 339 g/mol. The fourth-order valence-electron chi connectivity index (χ4n) is 2.69. The Morgan fingerprint density at radius 3 is 2.76 bits per heavy atom. The number of azo groups is 1. The lowest BCUT2D eigenvalue weighted by Crippen LogP contribution is -2.05. The van der Waals surface area contributed by atoms with Gasteiger partial charge in [-0.15, -0.1) is 10.2 Å². The fraction of sp³-hybridized carbons (Fsp3) is 0.333. The van der Waals surface area contributed by atoms with E-state index in [1.54, 1.807) is 6.92 Å². The first-order valence-electron chi connectivity index (χ1n) is 8.25. The molecule has 0 saturated heterocycles. The third-order valence-electron chi connectivity index (χ3n) is 3.95. The lowest BCUT2D eigenvalue weighted by molar-refractivity contribution is 0.407. The van der Waals surface area contributed by atoms with E-state index >= 15 is 0 Å². The maximum atomic E-state index is 11.5. The zero-order chi connectivity index (χ0) is 18.0. The van der Waals surface area contributed by atoms with Crippen LogP contribution in [0.25, 0.3) is 10.9 Å². The van der Waals surface area contributed by atoms with Gasteiger partial charge in [-0.1, -0.05) is 32.0 Å². The molecule has 0 aliphatic heterocycles. The van der Waals surface area contributed by atoms with E-state index in [2.05, 4.69) is 34.0 Å². The van der Waals surface area contributed by atoms with Crippen molar-refractivity contribution in [3.05, 3.63) is 46.4 Å². The Bertz CT molecular complexity index is 985. The maximum absolute atomic E-state index is 11.5. The highest BCUT2D eigenvalue weighted by Crippen LogP contribution is 2.39. The molecule has 25 heavy (non-hydrogen) atoms. The number of benzene rings is 1. The zero-order valence-corrected chi connectivity index (χ0v) is 14.5. The molecular weight excluding hydrogens is 318 g/mol. The highest BCUT2D eigenvalue weighted by atomic mass is 16.3. The number of hydrogen-bond donors (Lipinski definition) is 2. The predicted molar refractivity (Wildman–Crippen MR) is 96.8 cm³/mol. The summed E-state index contributed by atoms with van der Waals surface area (Å²) in [4.78, 5) is 18.1. The number of aryl methyl sites for hydroxylation is 2. The van der Waals surface area contributed by atoms with E-state index in [4.69, 9.17) is 0 Å². The van der Waals surface area contributed by atoms with Crippen molar-refractivity contribution in [2.24, 2.45) is 16.1 Å². The Labute approximate surface area is 145 Å². The fourth-order valence-corrected chi connectivity index (χ4v) is 2.69. The second-order valence-electron chi connectivity index (χ2n) is 6.43. The Morgan fingerprint density at radius 1 is 1.28 bits per heavy atom. The predicted octanol–water partition coefficient (Wildman–Crippen LogP) is 4.20. The number of hydrogen-bond acceptors (Lipinski definition) is 5. The number of aromatic amines is 1. The first kappa shape index (κ1) is 16.9. The second-order valence-corrected chi connectivity index (χ2v) is 6.43. The van der Waals surface area contributed by atoms with Crippen molar-refractivity contribution in [3.8, 4) is 5.88 Å². The van der Waals surface area contributed by atoms with E-state index in [0.717, 1.165) is 17.3 Å². The summed E-state index contributed by atoms with van der Waals surface area (Å²) in [7, 11) is 0. The molecule has 0 fully saturated rings. The van der Waals surface area contributed by atoms with Gasteiger partial charge in [0.25, 0.3) is 5.56 Å². The van der Waals surface area contributed by atoms with Crippen molar-refractivity contribution in [1.29, 1.82) is 0 Å². The zero-order valence-electron chi connectivity index (χ0n) is 14.5. The molecule has 0 saturated carbocycles. The van der Waals surface area contributed by atoms with Crippen LogP contribution in [0.1, 0.15) is 26.0 Å². The smallest absolute Gasteiger partial charge is 0.252 e. The lowest BCUT2D eigenvalue weighted by atomic mass is 10.1. The third kappa shape index (κ3) is 3.60. The van der Waals surface area contributed by atoms with Crippen LogP contribution in [0.5, 0.6) is 5.88 Å². The van der Waals surface area contributed by atoms with E-state index < -0.39 is 0 Å². The molecule has 0 spiro atoms. The lowest BCUT2D eigenvalue weighted by Gasteiger charge is -2.08. The maximum Gasteiger partial charge on any atom is 0.252 e. The summed E-state index contributed by atoms with van der Waals surface area (Å²) in [5.74, 6) is 0.705. The minimum Gasteiger partial charge on any atom is -0.493 e. The normalized spacial score (nSPS) is 11.8. The molecule has 0 radical (unpaired) electrons. The molecule has 7 heteroatoms. The number of nitrogens with one attached hydrogen (secondary N) is 1. The number of nitrogens with zero attached hydrogens (tertiary/aromatic N) is 4. The Kier molecular flexibility index (Phi) is 4.65. The van der Waals surface area contributed by atoms with Crippen LogP contribution >= 0.6 is 0 Å². The van der Waals surface area contributed by atoms with Gasteiger partial charge in [0, 0.05) is 23.7 Å². The Morgan fingerprint density at radius 2 is 2.04 bits per heavy atom. The SMILES string of the molecule is Cc1cc(=O)[nH]c(N=Nc2c(O)n(CCC(C)C)c3ccccc23)n1. The summed E-state index contributed by atoms with van der Waals surface area (Å²) in [6.07, 6.45) is 0.940. The largest absolute Gasteiger partial charge is 0.493 e. The van der Waals surface area contributed by atoms with E-state index in [1.165, 1.54) is 6.07 Å². The number of fused-ring (bicyclic) bond motifs is 1. The van der Waals surface area contributed by atoms with Gasteiger partial charge in [-0.3, -0.25) is 9.78 Å². The van der Waals surface area contributed by atoms with Crippen LogP contribution in [0, 0.1) is 12.8 Å². The highest BCUT2D eigenvalue weighted by molar-refractivity contribution is 5.94. The standard InChI is InChI=1S/C18H21N5O2/c1-11(2)8-9-23-14-7-5-4-6-13(14)16(17(23)25)21-22-18-19-12(3)10-15(24)20-18/h4-7,10-11,25H,8-9H2,1-3H3,(H,19,20,24). The molecule has 0 unspecified atom stereocenters.